The van der Waals surface area contributed by atoms with E-state index in [2.05, 4.69) is 26.5 Å². The fourth-order valence-electron chi connectivity index (χ4n) is 3.09. The minimum absolute atomic E-state index is 0. The van der Waals surface area contributed by atoms with Gasteiger partial charge < -0.3 is 10.2 Å². The molecule has 5 nitrogen and oxygen atoms in total. The number of nitrogens with one attached hydrogen (secondary N) is 1. The third kappa shape index (κ3) is 4.93. The third-order valence-corrected chi connectivity index (χ3v) is 4.38. The van der Waals surface area contributed by atoms with Crippen LogP contribution >= 0.6 is 24.0 Å². The summed E-state index contributed by atoms with van der Waals surface area (Å²) in [5.41, 5.74) is 1.89. The highest BCUT2D eigenvalue weighted by Crippen LogP contribution is 2.26. The molecule has 0 radical (unpaired) electrons. The van der Waals surface area contributed by atoms with Gasteiger partial charge in [0.1, 0.15) is 5.82 Å². The fourth-order valence-corrected chi connectivity index (χ4v) is 3.09. The van der Waals surface area contributed by atoms with E-state index >= 15 is 0 Å². The molecule has 1 N–H and O–H groups in total. The number of hydrogen-bond acceptors (Lipinski definition) is 2. The molecule has 1 fully saturated rings. The largest absolute Gasteiger partial charge is 0.357 e. The van der Waals surface area contributed by atoms with Crippen LogP contribution in [0.2, 0.25) is 0 Å². The van der Waals surface area contributed by atoms with Crippen LogP contribution in [0, 0.1) is 5.82 Å². The highest BCUT2D eigenvalue weighted by atomic mass is 127. The molecule has 0 saturated carbocycles. The van der Waals surface area contributed by atoms with Crippen LogP contribution < -0.4 is 5.32 Å². The number of aromatic nitrogens is 2. The molecule has 3 rings (SSSR count). The molecule has 0 amide bonds. The first-order chi connectivity index (χ1) is 11.7. The average molecular weight is 457 g/mol. The van der Waals surface area contributed by atoms with Crippen molar-refractivity contribution in [3.05, 3.63) is 53.6 Å². The summed E-state index contributed by atoms with van der Waals surface area (Å²) in [4.78, 5) is 6.88. The van der Waals surface area contributed by atoms with Crippen LogP contribution in [0.5, 0.6) is 0 Å². The lowest BCUT2D eigenvalue weighted by atomic mass is 10.0. The van der Waals surface area contributed by atoms with Gasteiger partial charge in [0, 0.05) is 44.4 Å². The van der Waals surface area contributed by atoms with Gasteiger partial charge in [0.25, 0.3) is 0 Å². The lowest BCUT2D eigenvalue weighted by Crippen LogP contribution is -2.40. The van der Waals surface area contributed by atoms with Crippen LogP contribution in [0.3, 0.4) is 0 Å². The maximum Gasteiger partial charge on any atom is 0.194 e. The van der Waals surface area contributed by atoms with Gasteiger partial charge in [-0.3, -0.25) is 4.68 Å². The number of aryl methyl sites for hydroxylation is 1. The molecule has 1 aliphatic heterocycles. The minimum Gasteiger partial charge on any atom is -0.357 e. The van der Waals surface area contributed by atoms with Crippen LogP contribution in [0.15, 0.2) is 41.7 Å². The summed E-state index contributed by atoms with van der Waals surface area (Å²) >= 11 is 0. The average Bonchev–Trinajstić information content (AvgIpc) is 3.21. The Balaban J connectivity index is 0.00000225. The molecule has 1 aromatic carbocycles. The zero-order chi connectivity index (χ0) is 16.9. The van der Waals surface area contributed by atoms with Crippen molar-refractivity contribution in [1.29, 1.82) is 0 Å². The predicted molar refractivity (Wildman–Crippen MR) is 109 cm³/mol. The zero-order valence-corrected chi connectivity index (χ0v) is 17.0. The highest BCUT2D eigenvalue weighted by molar-refractivity contribution is 14.0. The van der Waals surface area contributed by atoms with E-state index < -0.39 is 0 Å². The standard InChI is InChI=1S/C18H24FN5.HI/c1-3-20-18(21-10-14-6-4-5-7-17(14)19)24-9-8-15(13-24)16-11-22-23(2)12-16;/h4-7,11-12,15H,3,8-10,13H2,1-2H3,(H,20,21);1H. The summed E-state index contributed by atoms with van der Waals surface area (Å²) in [5.74, 6) is 1.12. The quantitative estimate of drug-likeness (QED) is 0.436. The second kappa shape index (κ2) is 9.17. The van der Waals surface area contributed by atoms with E-state index in [0.717, 1.165) is 32.0 Å². The van der Waals surface area contributed by atoms with Crippen molar-refractivity contribution in [1.82, 2.24) is 20.0 Å². The molecule has 2 heterocycles. The minimum atomic E-state index is -0.202. The van der Waals surface area contributed by atoms with E-state index in [1.165, 1.54) is 11.6 Å². The normalized spacial score (nSPS) is 17.5. The van der Waals surface area contributed by atoms with Crippen LogP contribution in [-0.4, -0.2) is 40.3 Å². The van der Waals surface area contributed by atoms with Crippen molar-refractivity contribution in [2.75, 3.05) is 19.6 Å². The number of aliphatic imine (C=N–C) groups is 1. The Labute approximate surface area is 165 Å². The first-order valence-corrected chi connectivity index (χ1v) is 8.42. The molecular formula is C18H25FIN5. The molecule has 1 aliphatic rings. The van der Waals surface area contributed by atoms with Crippen molar-refractivity contribution in [3.63, 3.8) is 0 Å². The molecule has 136 valence electrons. The van der Waals surface area contributed by atoms with Crippen molar-refractivity contribution < 1.29 is 4.39 Å². The van der Waals surface area contributed by atoms with Gasteiger partial charge >= 0.3 is 0 Å². The van der Waals surface area contributed by atoms with Gasteiger partial charge in [-0.1, -0.05) is 18.2 Å². The summed E-state index contributed by atoms with van der Waals surface area (Å²) < 4.78 is 15.6. The van der Waals surface area contributed by atoms with Crippen molar-refractivity contribution >= 4 is 29.9 Å². The maximum atomic E-state index is 13.8. The summed E-state index contributed by atoms with van der Waals surface area (Å²) in [5, 5.41) is 7.59. The molecule has 2 aromatic rings. The zero-order valence-electron chi connectivity index (χ0n) is 14.7. The van der Waals surface area contributed by atoms with E-state index in [-0.39, 0.29) is 29.8 Å². The first kappa shape index (κ1) is 19.7. The Hall–Kier alpha value is -1.64. The molecule has 25 heavy (non-hydrogen) atoms. The predicted octanol–water partition coefficient (Wildman–Crippen LogP) is 3.13. The number of hydrogen-bond donors (Lipinski definition) is 1. The summed E-state index contributed by atoms with van der Waals surface area (Å²) in [7, 11) is 1.94. The van der Waals surface area contributed by atoms with E-state index in [9.17, 15) is 4.39 Å². The van der Waals surface area contributed by atoms with Gasteiger partial charge in [-0.15, -0.1) is 24.0 Å². The van der Waals surface area contributed by atoms with Crippen LogP contribution in [-0.2, 0) is 13.6 Å². The molecule has 1 unspecified atom stereocenters. The van der Waals surface area contributed by atoms with Crippen molar-refractivity contribution in [3.8, 4) is 0 Å². The van der Waals surface area contributed by atoms with E-state index in [1.807, 2.05) is 30.9 Å². The Morgan fingerprint density at radius 2 is 2.20 bits per heavy atom. The molecular weight excluding hydrogens is 432 g/mol. The van der Waals surface area contributed by atoms with Gasteiger partial charge in [0.15, 0.2) is 5.96 Å². The summed E-state index contributed by atoms with van der Waals surface area (Å²) in [6.07, 6.45) is 5.10. The SMILES string of the molecule is CCNC(=NCc1ccccc1F)N1CCC(c2cnn(C)c2)C1.I. The highest BCUT2D eigenvalue weighted by Gasteiger charge is 2.26. The number of nitrogens with zero attached hydrogens (tertiary/aromatic N) is 4. The molecule has 0 bridgehead atoms. The Morgan fingerprint density at radius 3 is 2.88 bits per heavy atom. The summed E-state index contributed by atoms with van der Waals surface area (Å²) in [6, 6.07) is 6.80. The lowest BCUT2D eigenvalue weighted by molar-refractivity contribution is 0.485. The van der Waals surface area contributed by atoms with Crippen molar-refractivity contribution in [2.24, 2.45) is 12.0 Å². The Bertz CT molecular complexity index is 715. The third-order valence-electron chi connectivity index (χ3n) is 4.38. The number of halogens is 2. The van der Waals surface area contributed by atoms with E-state index in [1.54, 1.807) is 12.1 Å². The molecule has 7 heteroatoms. The first-order valence-electron chi connectivity index (χ1n) is 8.42. The number of benzene rings is 1. The second-order valence-corrected chi connectivity index (χ2v) is 6.14. The van der Waals surface area contributed by atoms with Gasteiger partial charge in [-0.25, -0.2) is 9.38 Å². The Kier molecular flexibility index (Phi) is 7.22. The number of guanidine groups is 1. The van der Waals surface area contributed by atoms with Crippen LogP contribution in [0.4, 0.5) is 4.39 Å². The lowest BCUT2D eigenvalue weighted by Gasteiger charge is -2.21. The van der Waals surface area contributed by atoms with E-state index in [0.29, 0.717) is 18.0 Å². The van der Waals surface area contributed by atoms with Crippen LogP contribution in [0.25, 0.3) is 0 Å². The van der Waals surface area contributed by atoms with Gasteiger partial charge in [0.2, 0.25) is 0 Å². The van der Waals surface area contributed by atoms with Gasteiger partial charge in [0.05, 0.1) is 12.7 Å². The van der Waals surface area contributed by atoms with Gasteiger partial charge in [-0.05, 0) is 25.0 Å². The Morgan fingerprint density at radius 1 is 1.40 bits per heavy atom. The smallest absolute Gasteiger partial charge is 0.194 e. The maximum absolute atomic E-state index is 13.8. The molecule has 0 aliphatic carbocycles. The van der Waals surface area contributed by atoms with Crippen LogP contribution in [0.1, 0.15) is 30.4 Å². The molecule has 1 aromatic heterocycles. The van der Waals surface area contributed by atoms with Gasteiger partial charge in [-0.2, -0.15) is 5.10 Å². The molecule has 1 atom stereocenters. The monoisotopic (exact) mass is 457 g/mol. The second-order valence-electron chi connectivity index (χ2n) is 6.14. The van der Waals surface area contributed by atoms with E-state index in [4.69, 9.17) is 0 Å². The number of rotatable bonds is 4. The molecule has 0 spiro atoms. The van der Waals surface area contributed by atoms with Crippen molar-refractivity contribution in [2.45, 2.75) is 25.8 Å². The number of likely N-dealkylation sites (tertiary alicyclic amines) is 1. The topological polar surface area (TPSA) is 45.5 Å². The summed E-state index contributed by atoms with van der Waals surface area (Å²) in [6.45, 7) is 5.05. The fraction of sp³-hybridized carbons (Fsp3) is 0.444. The molecule has 1 saturated heterocycles.